The number of carbonyl (C=O) groups is 2. The van der Waals surface area contributed by atoms with Gasteiger partial charge in [0.15, 0.2) is 5.76 Å². The van der Waals surface area contributed by atoms with E-state index in [0.29, 0.717) is 25.4 Å². The van der Waals surface area contributed by atoms with Crippen molar-refractivity contribution in [1.82, 2.24) is 9.80 Å². The van der Waals surface area contributed by atoms with Crippen molar-refractivity contribution < 1.29 is 23.5 Å². The standard InChI is InChI=1S/C24H32N2O5/c1-22-6-4-7-23(2)24(22,31-23)13-16-17(21(28)30-19(16)14-22)15-25-8-10-26(11-9-25)20(27)18-5-3-12-29-18/h3,5,12,16-17,19H,4,6-11,13-15H2,1-2H3/t16-,17-,19+,22-,23+,24-/m0/s1. The van der Waals surface area contributed by atoms with Crippen molar-refractivity contribution in [3.8, 4) is 0 Å². The second-order valence-corrected chi connectivity index (χ2v) is 10.8. The summed E-state index contributed by atoms with van der Waals surface area (Å²) in [5.74, 6) is 0.443. The minimum absolute atomic E-state index is 0.0149. The van der Waals surface area contributed by atoms with Crippen LogP contribution < -0.4 is 0 Å². The molecule has 5 fully saturated rings. The summed E-state index contributed by atoms with van der Waals surface area (Å²) in [4.78, 5) is 29.5. The summed E-state index contributed by atoms with van der Waals surface area (Å²) in [5.41, 5.74) is 0.0347. The maximum atomic E-state index is 12.9. The van der Waals surface area contributed by atoms with Gasteiger partial charge in [0.1, 0.15) is 11.7 Å². The number of hydrogen-bond acceptors (Lipinski definition) is 6. The highest BCUT2D eigenvalue weighted by molar-refractivity contribution is 5.91. The first kappa shape index (κ1) is 19.8. The molecule has 2 saturated carbocycles. The van der Waals surface area contributed by atoms with Crippen LogP contribution in [0.1, 0.15) is 56.5 Å². The number of rotatable bonds is 3. The van der Waals surface area contributed by atoms with Crippen LogP contribution in [0.15, 0.2) is 22.8 Å². The van der Waals surface area contributed by atoms with Crippen molar-refractivity contribution >= 4 is 11.9 Å². The third kappa shape index (κ3) is 2.78. The molecular formula is C24H32N2O5. The van der Waals surface area contributed by atoms with E-state index in [4.69, 9.17) is 13.9 Å². The lowest BCUT2D eigenvalue weighted by Gasteiger charge is -2.48. The van der Waals surface area contributed by atoms with Crippen LogP contribution in [0, 0.1) is 17.3 Å². The zero-order valence-electron chi connectivity index (χ0n) is 18.5. The number of nitrogens with zero attached hydrogens (tertiary/aromatic N) is 2. The number of amides is 1. The van der Waals surface area contributed by atoms with E-state index in [1.54, 1.807) is 12.1 Å². The summed E-state index contributed by atoms with van der Waals surface area (Å²) in [6.07, 6.45) is 6.93. The zero-order valence-corrected chi connectivity index (χ0v) is 18.5. The molecule has 1 spiro atoms. The highest BCUT2D eigenvalue weighted by Gasteiger charge is 2.79. The average Bonchev–Trinajstić information content (AvgIpc) is 3.06. The Hall–Kier alpha value is -1.86. The first-order chi connectivity index (χ1) is 14.8. The van der Waals surface area contributed by atoms with Crippen LogP contribution in [-0.2, 0) is 14.3 Å². The fourth-order valence-corrected chi connectivity index (χ4v) is 7.34. The molecule has 168 valence electrons. The lowest BCUT2D eigenvalue weighted by Crippen LogP contribution is -2.54. The van der Waals surface area contributed by atoms with E-state index in [9.17, 15) is 9.59 Å². The van der Waals surface area contributed by atoms with E-state index >= 15 is 0 Å². The summed E-state index contributed by atoms with van der Waals surface area (Å²) >= 11 is 0. The fourth-order valence-electron chi connectivity index (χ4n) is 7.34. The molecule has 1 amide bonds. The molecule has 7 nitrogen and oxygen atoms in total. The summed E-state index contributed by atoms with van der Waals surface area (Å²) < 4.78 is 17.7. The second-order valence-electron chi connectivity index (χ2n) is 10.8. The molecule has 0 unspecified atom stereocenters. The minimum atomic E-state index is -0.0911. The number of epoxide rings is 1. The maximum Gasteiger partial charge on any atom is 0.310 e. The lowest BCUT2D eigenvalue weighted by atomic mass is 9.53. The highest BCUT2D eigenvalue weighted by atomic mass is 16.6. The number of piperazine rings is 1. The lowest BCUT2D eigenvalue weighted by molar-refractivity contribution is -0.146. The van der Waals surface area contributed by atoms with Crippen LogP contribution >= 0.6 is 0 Å². The molecule has 6 atom stereocenters. The average molecular weight is 429 g/mol. The third-order valence-electron chi connectivity index (χ3n) is 9.16. The molecule has 2 aliphatic carbocycles. The molecule has 3 saturated heterocycles. The molecule has 7 heteroatoms. The molecule has 3 aliphatic heterocycles. The Morgan fingerprint density at radius 2 is 1.97 bits per heavy atom. The molecule has 1 aromatic rings. The van der Waals surface area contributed by atoms with Crippen molar-refractivity contribution in [2.24, 2.45) is 17.3 Å². The normalized spacial score (nSPS) is 44.3. The SMILES string of the molecule is C[C@@]12CCC[C@@]3(C)O[C@@]13C[C@H]1[C@H](CN3CCN(C(=O)c4ccco4)CC3)C(=O)O[C@@H]1C2. The summed E-state index contributed by atoms with van der Waals surface area (Å²) in [5, 5.41) is 0. The summed E-state index contributed by atoms with van der Waals surface area (Å²) in [7, 11) is 0. The Morgan fingerprint density at radius 3 is 2.71 bits per heavy atom. The maximum absolute atomic E-state index is 12.9. The van der Waals surface area contributed by atoms with Crippen molar-refractivity contribution in [3.63, 3.8) is 0 Å². The number of esters is 1. The van der Waals surface area contributed by atoms with E-state index < -0.39 is 0 Å². The minimum Gasteiger partial charge on any atom is -0.462 e. The van der Waals surface area contributed by atoms with Gasteiger partial charge < -0.3 is 18.8 Å². The Labute approximate surface area is 183 Å². The van der Waals surface area contributed by atoms with E-state index in [1.807, 2.05) is 4.90 Å². The Bertz CT molecular complexity index is 894. The van der Waals surface area contributed by atoms with Gasteiger partial charge in [0, 0.05) is 44.1 Å². The largest absolute Gasteiger partial charge is 0.462 e. The Balaban J connectivity index is 1.12. The van der Waals surface area contributed by atoms with Crippen LogP contribution in [0.2, 0.25) is 0 Å². The Morgan fingerprint density at radius 1 is 1.16 bits per heavy atom. The number of ether oxygens (including phenoxy) is 2. The smallest absolute Gasteiger partial charge is 0.310 e. The quantitative estimate of drug-likeness (QED) is 0.544. The molecule has 31 heavy (non-hydrogen) atoms. The molecular weight excluding hydrogens is 396 g/mol. The van der Waals surface area contributed by atoms with Gasteiger partial charge in [-0.05, 0) is 51.2 Å². The Kier molecular flexibility index (Phi) is 4.20. The second kappa shape index (κ2) is 6.58. The van der Waals surface area contributed by atoms with Crippen LogP contribution in [0.25, 0.3) is 0 Å². The molecule has 5 aliphatic rings. The van der Waals surface area contributed by atoms with E-state index in [1.165, 1.54) is 19.1 Å². The van der Waals surface area contributed by atoms with E-state index in [2.05, 4.69) is 18.7 Å². The predicted octanol–water partition coefficient (Wildman–Crippen LogP) is 2.71. The van der Waals surface area contributed by atoms with Crippen molar-refractivity contribution in [2.45, 2.75) is 63.3 Å². The van der Waals surface area contributed by atoms with Crippen LogP contribution in [0.3, 0.4) is 0 Å². The van der Waals surface area contributed by atoms with Gasteiger partial charge in [-0.15, -0.1) is 0 Å². The number of fused-ring (bicyclic) bond motifs is 1. The topological polar surface area (TPSA) is 75.5 Å². The van der Waals surface area contributed by atoms with Crippen molar-refractivity contribution in [2.75, 3.05) is 32.7 Å². The molecule has 4 heterocycles. The zero-order chi connectivity index (χ0) is 21.4. The van der Waals surface area contributed by atoms with Gasteiger partial charge in [0.05, 0.1) is 17.8 Å². The molecule has 0 bridgehead atoms. The molecule has 6 rings (SSSR count). The van der Waals surface area contributed by atoms with Gasteiger partial charge in [-0.1, -0.05) is 6.92 Å². The fraction of sp³-hybridized carbons (Fsp3) is 0.750. The van der Waals surface area contributed by atoms with Gasteiger partial charge in [-0.2, -0.15) is 0 Å². The van der Waals surface area contributed by atoms with Crippen molar-refractivity contribution in [1.29, 1.82) is 0 Å². The van der Waals surface area contributed by atoms with Gasteiger partial charge in [-0.25, -0.2) is 0 Å². The number of carbonyl (C=O) groups excluding carboxylic acids is 2. The van der Waals surface area contributed by atoms with Crippen molar-refractivity contribution in [3.05, 3.63) is 24.2 Å². The van der Waals surface area contributed by atoms with Gasteiger partial charge >= 0.3 is 5.97 Å². The monoisotopic (exact) mass is 428 g/mol. The van der Waals surface area contributed by atoms with Crippen LogP contribution in [0.4, 0.5) is 0 Å². The molecule has 0 aromatic carbocycles. The first-order valence-corrected chi connectivity index (χ1v) is 11.8. The third-order valence-corrected chi connectivity index (χ3v) is 9.16. The molecule has 1 aromatic heterocycles. The van der Waals surface area contributed by atoms with Gasteiger partial charge in [0.2, 0.25) is 0 Å². The van der Waals surface area contributed by atoms with Gasteiger partial charge in [-0.3, -0.25) is 14.5 Å². The highest BCUT2D eigenvalue weighted by Crippen LogP contribution is 2.72. The van der Waals surface area contributed by atoms with E-state index in [0.717, 1.165) is 32.4 Å². The summed E-state index contributed by atoms with van der Waals surface area (Å²) in [6, 6.07) is 3.44. The summed E-state index contributed by atoms with van der Waals surface area (Å²) in [6.45, 7) is 8.18. The number of furan rings is 1. The molecule has 0 N–H and O–H groups in total. The predicted molar refractivity (Wildman–Crippen MR) is 111 cm³/mol. The van der Waals surface area contributed by atoms with E-state index in [-0.39, 0.29) is 46.4 Å². The number of hydrogen-bond donors (Lipinski definition) is 0. The molecule has 0 radical (unpaired) electrons. The first-order valence-electron chi connectivity index (χ1n) is 11.8. The van der Waals surface area contributed by atoms with Crippen LogP contribution in [-0.4, -0.2) is 71.7 Å². The van der Waals surface area contributed by atoms with Crippen LogP contribution in [0.5, 0.6) is 0 Å². The van der Waals surface area contributed by atoms with Gasteiger partial charge in [0.25, 0.3) is 5.91 Å².